The van der Waals surface area contributed by atoms with E-state index >= 15 is 0 Å². The number of Topliss-reactive ketones (excluding diaryl/α,β-unsaturated/α-hetero) is 1. The van der Waals surface area contributed by atoms with Gasteiger partial charge in [0, 0.05) is 48.9 Å². The predicted octanol–water partition coefficient (Wildman–Crippen LogP) is 4.46. The van der Waals surface area contributed by atoms with Gasteiger partial charge in [0.2, 0.25) is 17.7 Å². The number of ketones is 1. The average molecular weight is 803 g/mol. The quantitative estimate of drug-likeness (QED) is 0.107. The number of carboxylic acids is 1. The van der Waals surface area contributed by atoms with Crippen LogP contribution < -0.4 is 26.0 Å². The van der Waals surface area contributed by atoms with Gasteiger partial charge in [0.1, 0.15) is 6.04 Å². The predicted molar refractivity (Wildman–Crippen MR) is 197 cm³/mol. The number of amides is 2. The first-order valence-electron chi connectivity index (χ1n) is 18.2. The van der Waals surface area contributed by atoms with Gasteiger partial charge in [0.05, 0.1) is 18.8 Å². The van der Waals surface area contributed by atoms with Crippen LogP contribution in [0.2, 0.25) is 5.02 Å². The molecule has 3 aromatic rings. The molecule has 3 aliphatic rings. The minimum absolute atomic E-state index is 0.0329. The minimum atomic E-state index is -4.64. The topological polar surface area (TPSA) is 197 Å². The zero-order chi connectivity index (χ0) is 39.9. The molecule has 1 aliphatic heterocycles. The third-order valence-electron chi connectivity index (χ3n) is 9.96. The van der Waals surface area contributed by atoms with E-state index in [0.29, 0.717) is 43.2 Å². The summed E-state index contributed by atoms with van der Waals surface area (Å²) in [7, 11) is 0. The van der Waals surface area contributed by atoms with Gasteiger partial charge in [-0.15, -0.1) is 0 Å². The molecule has 19 heteroatoms. The summed E-state index contributed by atoms with van der Waals surface area (Å²) in [6.45, 7) is 2.18. The van der Waals surface area contributed by atoms with Crippen LogP contribution in [0.15, 0.2) is 48.5 Å². The van der Waals surface area contributed by atoms with E-state index in [0.717, 1.165) is 38.0 Å². The Morgan fingerprint density at radius 1 is 0.946 bits per heavy atom. The molecule has 1 atom stereocenters. The largest absolute Gasteiger partial charge is 0.480 e. The molecule has 2 heterocycles. The van der Waals surface area contributed by atoms with Crippen LogP contribution in [0.3, 0.4) is 0 Å². The standard InChI is InChI=1S/C37H42ClF3N8O7/c38-25-5-3-24(4-6-25)36(14-15-36)48-33-45-32(46-34(47-33)56-22-37(39,40)41)43-26-7-1-23(2-8-26)29(51)44-27(31(53)54)10-16-42-30(52)28(50)9-11-35(12-13-35)21-49-17-19-55-20-18-49/h1-8,27H,9-22H2,(H,42,52)(H,44,51)(H,53,54)(H2,43,45,46,47,48)/t27-/m0/s1. The summed E-state index contributed by atoms with van der Waals surface area (Å²) < 4.78 is 49.1. The number of morpholine rings is 1. The lowest BCUT2D eigenvalue weighted by Gasteiger charge is -2.30. The molecule has 1 aromatic heterocycles. The second-order valence-electron chi connectivity index (χ2n) is 14.3. The van der Waals surface area contributed by atoms with Crippen molar-refractivity contribution in [1.29, 1.82) is 0 Å². The Bertz CT molecular complexity index is 1890. The van der Waals surface area contributed by atoms with Crippen molar-refractivity contribution in [3.63, 3.8) is 0 Å². The average Bonchev–Trinajstić information content (AvgIpc) is 4.11. The van der Waals surface area contributed by atoms with Crippen LogP contribution in [0, 0.1) is 5.41 Å². The van der Waals surface area contributed by atoms with E-state index in [4.69, 9.17) is 21.1 Å². The number of benzene rings is 2. The Balaban J connectivity index is 1.01. The first-order chi connectivity index (χ1) is 26.7. The molecule has 1 saturated heterocycles. The number of hydrogen-bond donors (Lipinski definition) is 5. The molecule has 3 fully saturated rings. The smallest absolute Gasteiger partial charge is 0.422 e. The van der Waals surface area contributed by atoms with E-state index < -0.39 is 53.9 Å². The normalized spacial score (nSPS) is 17.6. The van der Waals surface area contributed by atoms with Gasteiger partial charge >= 0.3 is 18.2 Å². The van der Waals surface area contributed by atoms with Crippen LogP contribution in [0.1, 0.15) is 60.9 Å². The number of nitrogens with one attached hydrogen (secondary N) is 4. The van der Waals surface area contributed by atoms with Gasteiger partial charge in [-0.05, 0) is 85.9 Å². The second kappa shape index (κ2) is 17.4. The van der Waals surface area contributed by atoms with Crippen molar-refractivity contribution >= 4 is 52.8 Å². The van der Waals surface area contributed by atoms with Crippen molar-refractivity contribution in [2.75, 3.05) is 56.6 Å². The number of halogens is 4. The van der Waals surface area contributed by atoms with Crippen molar-refractivity contribution in [3.05, 3.63) is 64.7 Å². The Labute approximate surface area is 325 Å². The van der Waals surface area contributed by atoms with E-state index in [1.165, 1.54) is 24.3 Å². The van der Waals surface area contributed by atoms with Crippen molar-refractivity contribution in [3.8, 4) is 6.01 Å². The van der Waals surface area contributed by atoms with Crippen molar-refractivity contribution < 1.29 is 46.9 Å². The van der Waals surface area contributed by atoms with Gasteiger partial charge in [-0.1, -0.05) is 23.7 Å². The molecule has 5 N–H and O–H groups in total. The first kappa shape index (κ1) is 40.6. The van der Waals surface area contributed by atoms with Crippen molar-refractivity contribution in [1.82, 2.24) is 30.5 Å². The molecule has 0 spiro atoms. The Morgan fingerprint density at radius 2 is 1.62 bits per heavy atom. The third-order valence-corrected chi connectivity index (χ3v) is 10.2. The number of nitrogens with zero attached hydrogens (tertiary/aromatic N) is 4. The molecule has 0 unspecified atom stereocenters. The molecule has 300 valence electrons. The lowest BCUT2D eigenvalue weighted by Crippen LogP contribution is -2.43. The van der Waals surface area contributed by atoms with E-state index in [-0.39, 0.29) is 42.3 Å². The summed E-state index contributed by atoms with van der Waals surface area (Å²) in [4.78, 5) is 64.6. The molecule has 2 aromatic carbocycles. The van der Waals surface area contributed by atoms with Crippen LogP contribution >= 0.6 is 11.6 Å². The number of carbonyl (C=O) groups excluding carboxylic acids is 3. The fourth-order valence-electron chi connectivity index (χ4n) is 6.42. The first-order valence-corrected chi connectivity index (χ1v) is 18.6. The summed E-state index contributed by atoms with van der Waals surface area (Å²) in [5.74, 6) is -3.58. The van der Waals surface area contributed by atoms with Gasteiger partial charge in [0.15, 0.2) is 6.61 Å². The highest BCUT2D eigenvalue weighted by Gasteiger charge is 2.46. The highest BCUT2D eigenvalue weighted by atomic mass is 35.5. The second-order valence-corrected chi connectivity index (χ2v) is 14.7. The maximum atomic E-state index is 13.0. The van der Waals surface area contributed by atoms with Crippen molar-refractivity contribution in [2.24, 2.45) is 5.41 Å². The maximum absolute atomic E-state index is 13.0. The summed E-state index contributed by atoms with van der Waals surface area (Å²) in [5.41, 5.74) is 0.818. The molecule has 2 aliphatic carbocycles. The number of carbonyl (C=O) groups is 4. The SMILES string of the molecule is O=C(CCC1(CN2CCOCC2)CC1)C(=O)NCC[C@H](NC(=O)c1ccc(Nc2nc(NC3(c4ccc(Cl)cc4)CC3)nc(OCC(F)(F)F)n2)cc1)C(=O)O. The molecule has 2 saturated carbocycles. The van der Waals surface area contributed by atoms with Crippen LogP contribution in [0.4, 0.5) is 30.8 Å². The third kappa shape index (κ3) is 11.5. The number of aliphatic carboxylic acids is 1. The number of alkyl halides is 3. The van der Waals surface area contributed by atoms with Gasteiger partial charge in [-0.2, -0.15) is 28.1 Å². The van der Waals surface area contributed by atoms with Crippen LogP contribution in [-0.4, -0.2) is 107 Å². The Hall–Kier alpha value is -5.07. The Morgan fingerprint density at radius 3 is 2.25 bits per heavy atom. The lowest BCUT2D eigenvalue weighted by molar-refractivity contribution is -0.154. The summed E-state index contributed by atoms with van der Waals surface area (Å²) >= 11 is 6.03. The molecule has 6 rings (SSSR count). The lowest BCUT2D eigenvalue weighted by atomic mass is 9.97. The number of hydrogen-bond acceptors (Lipinski definition) is 12. The van der Waals surface area contributed by atoms with Gasteiger partial charge in [-0.25, -0.2) is 4.79 Å². The van der Waals surface area contributed by atoms with E-state index in [1.54, 1.807) is 12.1 Å². The highest BCUT2D eigenvalue weighted by Crippen LogP contribution is 2.50. The summed E-state index contributed by atoms with van der Waals surface area (Å²) in [6.07, 6.45) is -0.672. The zero-order valence-electron chi connectivity index (χ0n) is 30.3. The van der Waals surface area contributed by atoms with E-state index in [1.807, 2.05) is 12.1 Å². The minimum Gasteiger partial charge on any atom is -0.480 e. The van der Waals surface area contributed by atoms with Crippen LogP contribution in [0.25, 0.3) is 0 Å². The fraction of sp³-hybridized carbons (Fsp3) is 0.486. The maximum Gasteiger partial charge on any atom is 0.422 e. The summed E-state index contributed by atoms with van der Waals surface area (Å²) in [6, 6.07) is 10.9. The number of carboxylic acid groups (broad SMARTS) is 1. The molecule has 56 heavy (non-hydrogen) atoms. The number of anilines is 3. The van der Waals surface area contributed by atoms with E-state index in [2.05, 4.69) is 41.1 Å². The fourth-order valence-corrected chi connectivity index (χ4v) is 6.55. The van der Waals surface area contributed by atoms with E-state index in [9.17, 15) is 37.5 Å². The van der Waals surface area contributed by atoms with Gasteiger partial charge in [0.25, 0.3) is 11.8 Å². The van der Waals surface area contributed by atoms with Crippen LogP contribution in [-0.2, 0) is 24.7 Å². The molecule has 15 nitrogen and oxygen atoms in total. The van der Waals surface area contributed by atoms with Crippen molar-refractivity contribution in [2.45, 2.75) is 62.7 Å². The Kier molecular flexibility index (Phi) is 12.6. The number of rotatable bonds is 19. The number of aromatic nitrogens is 3. The van der Waals surface area contributed by atoms with Gasteiger partial charge < -0.3 is 35.8 Å². The van der Waals surface area contributed by atoms with Crippen LogP contribution in [0.5, 0.6) is 6.01 Å². The molecular weight excluding hydrogens is 761 g/mol. The van der Waals surface area contributed by atoms with Gasteiger partial charge in [-0.3, -0.25) is 19.3 Å². The molecule has 0 radical (unpaired) electrons. The molecule has 2 amide bonds. The number of ether oxygens (including phenoxy) is 2. The zero-order valence-corrected chi connectivity index (χ0v) is 31.0. The highest BCUT2D eigenvalue weighted by molar-refractivity contribution is 6.36. The summed E-state index contributed by atoms with van der Waals surface area (Å²) in [5, 5.41) is 21.2. The monoisotopic (exact) mass is 802 g/mol. The molecular formula is C37H42ClF3N8O7. The molecule has 0 bridgehead atoms.